The van der Waals surface area contributed by atoms with Crippen molar-refractivity contribution in [3.05, 3.63) is 39.8 Å². The van der Waals surface area contributed by atoms with E-state index in [-0.39, 0.29) is 0 Å². The summed E-state index contributed by atoms with van der Waals surface area (Å²) >= 11 is 11.7. The molecule has 102 valence electrons. The van der Waals surface area contributed by atoms with E-state index in [0.717, 1.165) is 17.8 Å². The molecule has 0 radical (unpaired) electrons. The number of aromatic nitrogens is 3. The molecule has 2 rings (SSSR count). The van der Waals surface area contributed by atoms with Gasteiger partial charge in [-0.3, -0.25) is 5.10 Å². The topological polar surface area (TPSA) is 62.8 Å². The van der Waals surface area contributed by atoms with Crippen LogP contribution in [0.3, 0.4) is 0 Å². The van der Waals surface area contributed by atoms with E-state index in [1.165, 1.54) is 6.20 Å². The average Bonchev–Trinajstić information content (AvgIpc) is 2.77. The summed E-state index contributed by atoms with van der Waals surface area (Å²) in [5, 5.41) is 11.0. The SMILES string of the molecule is Cc1cn[nH]c1CNCCOc1ncc(Cl)cc1Cl. The summed E-state index contributed by atoms with van der Waals surface area (Å²) in [6, 6.07) is 1.60. The van der Waals surface area contributed by atoms with Gasteiger partial charge in [0.05, 0.1) is 16.9 Å². The summed E-state index contributed by atoms with van der Waals surface area (Å²) < 4.78 is 5.45. The van der Waals surface area contributed by atoms with Crippen LogP contribution in [0.1, 0.15) is 11.3 Å². The van der Waals surface area contributed by atoms with Crippen molar-refractivity contribution in [3.8, 4) is 5.88 Å². The lowest BCUT2D eigenvalue weighted by Gasteiger charge is -2.08. The molecule has 0 saturated carbocycles. The van der Waals surface area contributed by atoms with Crippen molar-refractivity contribution in [1.82, 2.24) is 20.5 Å². The van der Waals surface area contributed by atoms with Gasteiger partial charge in [-0.2, -0.15) is 5.10 Å². The fraction of sp³-hybridized carbons (Fsp3) is 0.333. The molecule has 2 N–H and O–H groups in total. The smallest absolute Gasteiger partial charge is 0.232 e. The minimum atomic E-state index is 0.394. The first-order chi connectivity index (χ1) is 9.16. The Morgan fingerprint density at radius 1 is 1.37 bits per heavy atom. The van der Waals surface area contributed by atoms with E-state index in [4.69, 9.17) is 27.9 Å². The third-order valence-electron chi connectivity index (χ3n) is 2.53. The van der Waals surface area contributed by atoms with Crippen molar-refractivity contribution in [3.63, 3.8) is 0 Å². The molecule has 2 aromatic heterocycles. The highest BCUT2D eigenvalue weighted by atomic mass is 35.5. The number of nitrogens with zero attached hydrogens (tertiary/aromatic N) is 2. The third kappa shape index (κ3) is 4.09. The van der Waals surface area contributed by atoms with E-state index < -0.39 is 0 Å². The van der Waals surface area contributed by atoms with Crippen molar-refractivity contribution < 1.29 is 4.74 Å². The second-order valence-electron chi connectivity index (χ2n) is 4.00. The minimum Gasteiger partial charge on any atom is -0.475 e. The Morgan fingerprint density at radius 2 is 2.21 bits per heavy atom. The predicted molar refractivity (Wildman–Crippen MR) is 74.8 cm³/mol. The first kappa shape index (κ1) is 14.1. The number of hydrogen-bond acceptors (Lipinski definition) is 4. The molecule has 0 bridgehead atoms. The van der Waals surface area contributed by atoms with Crippen molar-refractivity contribution in [1.29, 1.82) is 0 Å². The van der Waals surface area contributed by atoms with E-state index in [2.05, 4.69) is 20.5 Å². The van der Waals surface area contributed by atoms with Crippen molar-refractivity contribution >= 4 is 23.2 Å². The number of aromatic amines is 1. The van der Waals surface area contributed by atoms with E-state index in [1.807, 2.05) is 6.92 Å². The van der Waals surface area contributed by atoms with E-state index >= 15 is 0 Å². The molecular weight excluding hydrogens is 287 g/mol. The van der Waals surface area contributed by atoms with Gasteiger partial charge in [0, 0.05) is 19.3 Å². The van der Waals surface area contributed by atoms with Gasteiger partial charge in [-0.05, 0) is 18.6 Å². The van der Waals surface area contributed by atoms with Crippen LogP contribution < -0.4 is 10.1 Å². The zero-order valence-corrected chi connectivity index (χ0v) is 11.9. The molecule has 0 unspecified atom stereocenters. The number of ether oxygens (including phenoxy) is 1. The van der Waals surface area contributed by atoms with Gasteiger partial charge in [0.2, 0.25) is 5.88 Å². The van der Waals surface area contributed by atoms with Crippen LogP contribution in [0.15, 0.2) is 18.5 Å². The number of nitrogens with one attached hydrogen (secondary N) is 2. The molecule has 0 amide bonds. The Morgan fingerprint density at radius 3 is 2.89 bits per heavy atom. The second-order valence-corrected chi connectivity index (χ2v) is 4.84. The molecule has 0 aliphatic heterocycles. The molecule has 0 atom stereocenters. The predicted octanol–water partition coefficient (Wildman–Crippen LogP) is 2.59. The lowest BCUT2D eigenvalue weighted by atomic mass is 10.3. The number of hydrogen-bond donors (Lipinski definition) is 2. The summed E-state index contributed by atoms with van der Waals surface area (Å²) in [6.45, 7) is 3.88. The number of pyridine rings is 1. The second kappa shape index (κ2) is 6.75. The van der Waals surface area contributed by atoms with Crippen LogP contribution >= 0.6 is 23.2 Å². The Bertz CT molecular complexity index is 544. The van der Waals surface area contributed by atoms with Crippen LogP contribution in [-0.4, -0.2) is 28.3 Å². The van der Waals surface area contributed by atoms with Crippen LogP contribution in [0.5, 0.6) is 5.88 Å². The largest absolute Gasteiger partial charge is 0.475 e. The first-order valence-corrected chi connectivity index (χ1v) is 6.56. The molecule has 2 heterocycles. The first-order valence-electron chi connectivity index (χ1n) is 5.80. The highest BCUT2D eigenvalue weighted by Crippen LogP contribution is 2.24. The summed E-state index contributed by atoms with van der Waals surface area (Å²) in [5.74, 6) is 0.394. The summed E-state index contributed by atoms with van der Waals surface area (Å²) in [6.07, 6.45) is 3.30. The number of halogens is 2. The van der Waals surface area contributed by atoms with E-state index in [1.54, 1.807) is 12.3 Å². The van der Waals surface area contributed by atoms with Gasteiger partial charge in [-0.15, -0.1) is 0 Å². The van der Waals surface area contributed by atoms with Crippen LogP contribution in [0, 0.1) is 6.92 Å². The summed E-state index contributed by atoms with van der Waals surface area (Å²) in [4.78, 5) is 4.01. The molecule has 0 aromatic carbocycles. The Kier molecular flexibility index (Phi) is 5.01. The van der Waals surface area contributed by atoms with Gasteiger partial charge >= 0.3 is 0 Å². The fourth-order valence-electron chi connectivity index (χ4n) is 1.49. The molecule has 7 heteroatoms. The van der Waals surface area contributed by atoms with Gasteiger partial charge in [0.15, 0.2) is 0 Å². The quantitative estimate of drug-likeness (QED) is 0.805. The average molecular weight is 301 g/mol. The highest BCUT2D eigenvalue weighted by Gasteiger charge is 2.04. The molecule has 0 spiro atoms. The molecule has 0 fully saturated rings. The maximum atomic E-state index is 5.94. The monoisotopic (exact) mass is 300 g/mol. The zero-order valence-electron chi connectivity index (χ0n) is 10.4. The Labute approximate surface area is 121 Å². The van der Waals surface area contributed by atoms with E-state index in [0.29, 0.717) is 29.1 Å². The zero-order chi connectivity index (χ0) is 13.7. The van der Waals surface area contributed by atoms with Crippen LogP contribution in [0.25, 0.3) is 0 Å². The minimum absolute atomic E-state index is 0.394. The molecular formula is C12H14Cl2N4O. The van der Waals surface area contributed by atoms with Crippen molar-refractivity contribution in [2.24, 2.45) is 0 Å². The van der Waals surface area contributed by atoms with Crippen LogP contribution in [-0.2, 0) is 6.54 Å². The third-order valence-corrected chi connectivity index (χ3v) is 3.00. The number of rotatable bonds is 6. The van der Waals surface area contributed by atoms with Crippen molar-refractivity contribution in [2.75, 3.05) is 13.2 Å². The number of aryl methyl sites for hydroxylation is 1. The normalized spacial score (nSPS) is 10.7. The highest BCUT2D eigenvalue weighted by molar-refractivity contribution is 6.35. The molecule has 2 aromatic rings. The van der Waals surface area contributed by atoms with Crippen molar-refractivity contribution in [2.45, 2.75) is 13.5 Å². The molecule has 19 heavy (non-hydrogen) atoms. The summed E-state index contributed by atoms with van der Waals surface area (Å²) in [7, 11) is 0. The lowest BCUT2D eigenvalue weighted by molar-refractivity contribution is 0.302. The molecule has 0 aliphatic rings. The number of H-pyrrole nitrogens is 1. The van der Waals surface area contributed by atoms with Gasteiger partial charge < -0.3 is 10.1 Å². The molecule has 5 nitrogen and oxygen atoms in total. The van der Waals surface area contributed by atoms with Gasteiger partial charge in [0.25, 0.3) is 0 Å². The molecule has 0 aliphatic carbocycles. The van der Waals surface area contributed by atoms with Crippen LogP contribution in [0.4, 0.5) is 0 Å². The Balaban J connectivity index is 1.71. The standard InChI is InChI=1S/C12H14Cl2N4O/c1-8-5-17-18-11(8)7-15-2-3-19-12-10(14)4-9(13)6-16-12/h4-6,15H,2-3,7H2,1H3,(H,17,18). The summed E-state index contributed by atoms with van der Waals surface area (Å²) in [5.41, 5.74) is 2.21. The van der Waals surface area contributed by atoms with Gasteiger partial charge in [0.1, 0.15) is 11.6 Å². The molecule has 0 saturated heterocycles. The maximum absolute atomic E-state index is 5.94. The van der Waals surface area contributed by atoms with Gasteiger partial charge in [-0.25, -0.2) is 4.98 Å². The fourth-order valence-corrected chi connectivity index (χ4v) is 1.93. The lowest BCUT2D eigenvalue weighted by Crippen LogP contribution is -2.21. The van der Waals surface area contributed by atoms with Gasteiger partial charge in [-0.1, -0.05) is 23.2 Å². The maximum Gasteiger partial charge on any atom is 0.232 e. The Hall–Kier alpha value is -1.30. The van der Waals surface area contributed by atoms with E-state index in [9.17, 15) is 0 Å². The van der Waals surface area contributed by atoms with Crippen LogP contribution in [0.2, 0.25) is 10.0 Å².